The fraction of sp³-hybridized carbons (Fsp3) is 0.273. The van der Waals surface area contributed by atoms with E-state index < -0.39 is 12.1 Å². The van der Waals surface area contributed by atoms with Crippen molar-refractivity contribution in [1.29, 1.82) is 0 Å². The van der Waals surface area contributed by atoms with Crippen molar-refractivity contribution >= 4 is 22.7 Å². The number of benzene rings is 2. The molecular weight excluding hydrogens is 372 g/mol. The molecule has 3 aromatic rings. The first-order valence-electron chi connectivity index (χ1n) is 9.23. The smallest absolute Gasteiger partial charge is 0.306 e. The number of ketones is 1. The summed E-state index contributed by atoms with van der Waals surface area (Å²) in [6.07, 6.45) is -0.665. The van der Waals surface area contributed by atoms with Crippen LogP contribution < -0.4 is 10.3 Å². The van der Waals surface area contributed by atoms with Crippen LogP contribution in [0.25, 0.3) is 10.9 Å². The Hall–Kier alpha value is -3.48. The number of carbonyl (C=O) groups is 2. The van der Waals surface area contributed by atoms with Gasteiger partial charge in [-0.25, -0.2) is 4.98 Å². The zero-order chi connectivity index (χ0) is 21.0. The first kappa shape index (κ1) is 20.3. The first-order chi connectivity index (χ1) is 13.9. The number of ether oxygens (including phenoxy) is 2. The van der Waals surface area contributed by atoms with Gasteiger partial charge in [0.05, 0.1) is 24.4 Å². The normalized spacial score (nSPS) is 11.8. The third kappa shape index (κ3) is 4.51. The number of hydrogen-bond donors (Lipinski definition) is 0. The number of fused-ring (bicyclic) bond motifs is 1. The summed E-state index contributed by atoms with van der Waals surface area (Å²) < 4.78 is 11.8. The van der Waals surface area contributed by atoms with Crippen molar-refractivity contribution in [3.63, 3.8) is 0 Å². The van der Waals surface area contributed by atoms with Gasteiger partial charge in [0.15, 0.2) is 6.10 Å². The van der Waals surface area contributed by atoms with Crippen LogP contribution in [0.2, 0.25) is 0 Å². The molecule has 1 heterocycles. The second-order valence-corrected chi connectivity index (χ2v) is 6.63. The Labute approximate surface area is 167 Å². The van der Waals surface area contributed by atoms with Gasteiger partial charge < -0.3 is 9.47 Å². The van der Waals surface area contributed by atoms with Crippen molar-refractivity contribution in [2.45, 2.75) is 25.9 Å². The van der Waals surface area contributed by atoms with Gasteiger partial charge in [0.1, 0.15) is 11.6 Å². The van der Waals surface area contributed by atoms with Crippen LogP contribution >= 0.6 is 0 Å². The number of nitrogens with zero attached hydrogens (tertiary/aromatic N) is 2. The molecular formula is C22H22N2O5. The topological polar surface area (TPSA) is 87.5 Å². The molecule has 0 N–H and O–H groups in total. The lowest BCUT2D eigenvalue weighted by Gasteiger charge is -2.13. The molecule has 3 rings (SSSR count). The molecule has 0 aliphatic carbocycles. The molecule has 1 aromatic heterocycles. The van der Waals surface area contributed by atoms with Gasteiger partial charge >= 0.3 is 5.97 Å². The summed E-state index contributed by atoms with van der Waals surface area (Å²) in [6, 6.07) is 13.7. The van der Waals surface area contributed by atoms with Crippen molar-refractivity contribution < 1.29 is 19.1 Å². The number of methoxy groups -OCH3 is 1. The zero-order valence-electron chi connectivity index (χ0n) is 16.5. The predicted molar refractivity (Wildman–Crippen MR) is 108 cm³/mol. The number of rotatable bonds is 7. The summed E-state index contributed by atoms with van der Waals surface area (Å²) >= 11 is 0. The predicted octanol–water partition coefficient (Wildman–Crippen LogP) is 2.69. The Morgan fingerprint density at radius 3 is 2.48 bits per heavy atom. The van der Waals surface area contributed by atoms with Gasteiger partial charge in [0.2, 0.25) is 5.78 Å². The molecule has 2 aromatic carbocycles. The molecule has 150 valence electrons. The third-order valence-corrected chi connectivity index (χ3v) is 4.68. The number of esters is 1. The monoisotopic (exact) mass is 394 g/mol. The van der Waals surface area contributed by atoms with Gasteiger partial charge in [-0.3, -0.25) is 19.0 Å². The van der Waals surface area contributed by atoms with Crippen LogP contribution in [0.3, 0.4) is 0 Å². The lowest BCUT2D eigenvalue weighted by Crippen LogP contribution is -2.26. The van der Waals surface area contributed by atoms with Crippen LogP contribution in [0.5, 0.6) is 5.75 Å². The van der Waals surface area contributed by atoms with Crippen molar-refractivity contribution in [1.82, 2.24) is 9.55 Å². The number of aromatic nitrogens is 2. The minimum Gasteiger partial charge on any atom is -0.497 e. The Balaban J connectivity index is 1.63. The highest BCUT2D eigenvalue weighted by molar-refractivity contribution is 6.00. The molecule has 1 atom stereocenters. The minimum absolute atomic E-state index is 0.0128. The Morgan fingerprint density at radius 1 is 1.10 bits per heavy atom. The molecule has 0 radical (unpaired) electrons. The largest absolute Gasteiger partial charge is 0.497 e. The van der Waals surface area contributed by atoms with E-state index in [9.17, 15) is 14.4 Å². The van der Waals surface area contributed by atoms with E-state index in [1.807, 2.05) is 0 Å². The van der Waals surface area contributed by atoms with Crippen LogP contribution in [-0.2, 0) is 23.0 Å². The molecule has 0 spiro atoms. The molecule has 0 unspecified atom stereocenters. The number of hydrogen-bond acceptors (Lipinski definition) is 6. The fourth-order valence-corrected chi connectivity index (χ4v) is 3.00. The van der Waals surface area contributed by atoms with E-state index in [4.69, 9.17) is 9.47 Å². The number of aryl methyl sites for hydroxylation is 1. The second kappa shape index (κ2) is 8.68. The van der Waals surface area contributed by atoms with Gasteiger partial charge in [-0.15, -0.1) is 0 Å². The van der Waals surface area contributed by atoms with E-state index in [2.05, 4.69) is 4.98 Å². The maximum absolute atomic E-state index is 12.4. The van der Waals surface area contributed by atoms with E-state index >= 15 is 0 Å². The van der Waals surface area contributed by atoms with Crippen LogP contribution in [-0.4, -0.2) is 34.5 Å². The maximum atomic E-state index is 12.4. The first-order valence-corrected chi connectivity index (χ1v) is 9.23. The SMILES string of the molecule is COc1ccc(C(=O)[C@H](C)OC(=O)CCc2nc3ccccc3c(=O)n2C)cc1. The summed E-state index contributed by atoms with van der Waals surface area (Å²) in [7, 11) is 3.17. The molecule has 0 aliphatic heterocycles. The maximum Gasteiger partial charge on any atom is 0.306 e. The average molecular weight is 394 g/mol. The molecule has 29 heavy (non-hydrogen) atoms. The van der Waals surface area contributed by atoms with Crippen LogP contribution in [0.15, 0.2) is 53.3 Å². The quantitative estimate of drug-likeness (QED) is 0.452. The summed E-state index contributed by atoms with van der Waals surface area (Å²) in [5, 5.41) is 0.528. The Kier molecular flexibility index (Phi) is 6.07. The van der Waals surface area contributed by atoms with Gasteiger partial charge in [-0.2, -0.15) is 0 Å². The molecule has 0 bridgehead atoms. The minimum atomic E-state index is -0.913. The Bertz CT molecular complexity index is 1100. The zero-order valence-corrected chi connectivity index (χ0v) is 16.5. The third-order valence-electron chi connectivity index (χ3n) is 4.68. The van der Waals surface area contributed by atoms with E-state index in [0.29, 0.717) is 28.0 Å². The summed E-state index contributed by atoms with van der Waals surface area (Å²) in [5.74, 6) is 0.304. The molecule has 0 amide bonds. The molecule has 0 saturated heterocycles. The van der Waals surface area contributed by atoms with Crippen molar-refractivity contribution in [3.8, 4) is 5.75 Å². The van der Waals surface area contributed by atoms with Crippen LogP contribution in [0.1, 0.15) is 29.5 Å². The second-order valence-electron chi connectivity index (χ2n) is 6.63. The highest BCUT2D eigenvalue weighted by Crippen LogP contribution is 2.14. The van der Waals surface area contributed by atoms with E-state index in [-0.39, 0.29) is 24.2 Å². The lowest BCUT2D eigenvalue weighted by molar-refractivity contribution is -0.146. The van der Waals surface area contributed by atoms with E-state index in [1.165, 1.54) is 11.5 Å². The van der Waals surface area contributed by atoms with Crippen molar-refractivity contribution in [3.05, 3.63) is 70.3 Å². The number of Topliss-reactive ketones (excluding diaryl/α,β-unsaturated/α-hetero) is 1. The highest BCUT2D eigenvalue weighted by atomic mass is 16.5. The Morgan fingerprint density at radius 2 is 1.79 bits per heavy atom. The standard InChI is InChI=1S/C22H22N2O5/c1-14(21(26)15-8-10-16(28-3)11-9-15)29-20(25)13-12-19-23-18-7-5-4-6-17(18)22(27)24(19)2/h4-11,14H,12-13H2,1-3H3/t14-/m0/s1. The fourth-order valence-electron chi connectivity index (χ4n) is 3.00. The van der Waals surface area contributed by atoms with Crippen LogP contribution in [0.4, 0.5) is 0 Å². The van der Waals surface area contributed by atoms with Gasteiger partial charge in [-0.05, 0) is 43.3 Å². The summed E-state index contributed by atoms with van der Waals surface area (Å²) in [6.45, 7) is 1.54. The van der Waals surface area contributed by atoms with Gasteiger partial charge in [0.25, 0.3) is 5.56 Å². The summed E-state index contributed by atoms with van der Waals surface area (Å²) in [4.78, 5) is 41.5. The van der Waals surface area contributed by atoms with Crippen molar-refractivity contribution in [2.24, 2.45) is 7.05 Å². The van der Waals surface area contributed by atoms with Crippen molar-refractivity contribution in [2.75, 3.05) is 7.11 Å². The average Bonchev–Trinajstić information content (AvgIpc) is 2.74. The van der Waals surface area contributed by atoms with Crippen LogP contribution in [0, 0.1) is 0 Å². The molecule has 7 nitrogen and oxygen atoms in total. The molecule has 0 saturated carbocycles. The molecule has 0 aliphatic rings. The lowest BCUT2D eigenvalue weighted by atomic mass is 10.1. The van der Waals surface area contributed by atoms with Gasteiger partial charge in [-0.1, -0.05) is 12.1 Å². The van der Waals surface area contributed by atoms with E-state index in [1.54, 1.807) is 62.7 Å². The summed E-state index contributed by atoms with van der Waals surface area (Å²) in [5.41, 5.74) is 0.855. The molecule has 0 fully saturated rings. The molecule has 7 heteroatoms. The van der Waals surface area contributed by atoms with Gasteiger partial charge in [0, 0.05) is 19.0 Å². The number of para-hydroxylation sites is 1. The highest BCUT2D eigenvalue weighted by Gasteiger charge is 2.20. The van der Waals surface area contributed by atoms with E-state index in [0.717, 1.165) is 0 Å². The number of carbonyl (C=O) groups excluding carboxylic acids is 2.